The van der Waals surface area contributed by atoms with E-state index in [1.54, 1.807) is 17.8 Å². The summed E-state index contributed by atoms with van der Waals surface area (Å²) in [6.45, 7) is 8.07. The largest absolute Gasteiger partial charge is 0.313 e. The molecule has 0 saturated carbocycles. The Bertz CT molecular complexity index is 652. The van der Waals surface area contributed by atoms with Crippen molar-refractivity contribution < 1.29 is 4.39 Å². The summed E-state index contributed by atoms with van der Waals surface area (Å²) in [5, 5.41) is 3.20. The highest BCUT2D eigenvalue weighted by Gasteiger charge is 2.14. The van der Waals surface area contributed by atoms with E-state index < -0.39 is 0 Å². The molecule has 0 radical (unpaired) electrons. The maximum atomic E-state index is 13.9. The lowest BCUT2D eigenvalue weighted by Crippen LogP contribution is -2.13. The Morgan fingerprint density at radius 3 is 2.38 bits per heavy atom. The fourth-order valence-electron chi connectivity index (χ4n) is 2.19. The van der Waals surface area contributed by atoms with Crippen LogP contribution in [0.1, 0.15) is 35.2 Å². The van der Waals surface area contributed by atoms with Crippen LogP contribution >= 0.6 is 11.8 Å². The van der Waals surface area contributed by atoms with E-state index in [0.29, 0.717) is 5.56 Å². The number of aryl methyl sites for hydroxylation is 3. The number of nitrogens with one attached hydrogen (secondary N) is 1. The Hall–Kier alpha value is -1.32. The van der Waals surface area contributed by atoms with Gasteiger partial charge in [0.2, 0.25) is 0 Å². The van der Waals surface area contributed by atoms with Crippen LogP contribution in [0.3, 0.4) is 0 Å². The van der Waals surface area contributed by atoms with Crippen LogP contribution in [-0.2, 0) is 0 Å². The number of hydrogen-bond donors (Lipinski definition) is 1. The minimum absolute atomic E-state index is 0.118. The van der Waals surface area contributed by atoms with Gasteiger partial charge in [-0.15, -0.1) is 0 Å². The van der Waals surface area contributed by atoms with Gasteiger partial charge in [-0.2, -0.15) is 0 Å². The normalized spacial score (nSPS) is 12.5. The second-order valence-corrected chi connectivity index (χ2v) is 6.60. The Labute approximate surface area is 131 Å². The fourth-order valence-corrected chi connectivity index (χ4v) is 3.49. The molecule has 2 rings (SSSR count). The Kier molecular flexibility index (Phi) is 5.07. The molecule has 0 bridgehead atoms. The van der Waals surface area contributed by atoms with E-state index in [0.717, 1.165) is 10.5 Å². The number of hydrogen-bond acceptors (Lipinski definition) is 2. The predicted molar refractivity (Wildman–Crippen MR) is 88.7 cm³/mol. The summed E-state index contributed by atoms with van der Waals surface area (Å²) in [5.74, 6) is -0.141. The van der Waals surface area contributed by atoms with Crippen molar-refractivity contribution in [2.75, 3.05) is 7.05 Å². The molecular weight excluding hydrogens is 281 g/mol. The third-order valence-corrected chi connectivity index (χ3v) is 4.99. The SMILES string of the molecule is CNC(C)c1cc(F)c(C)cc1Sc1cc(C)ccc1C. The third kappa shape index (κ3) is 3.66. The zero-order valence-electron chi connectivity index (χ0n) is 13.3. The summed E-state index contributed by atoms with van der Waals surface area (Å²) in [6.07, 6.45) is 0. The lowest BCUT2D eigenvalue weighted by molar-refractivity contribution is 0.594. The molecule has 1 atom stereocenters. The van der Waals surface area contributed by atoms with Crippen molar-refractivity contribution in [3.8, 4) is 0 Å². The van der Waals surface area contributed by atoms with Gasteiger partial charge < -0.3 is 5.32 Å². The molecule has 0 fully saturated rings. The smallest absolute Gasteiger partial charge is 0.126 e. The Morgan fingerprint density at radius 1 is 1.00 bits per heavy atom. The second kappa shape index (κ2) is 6.63. The van der Waals surface area contributed by atoms with Gasteiger partial charge in [0, 0.05) is 15.8 Å². The average molecular weight is 303 g/mol. The van der Waals surface area contributed by atoms with Gasteiger partial charge >= 0.3 is 0 Å². The molecule has 2 aromatic rings. The molecule has 0 spiro atoms. The van der Waals surface area contributed by atoms with Crippen LogP contribution < -0.4 is 5.32 Å². The van der Waals surface area contributed by atoms with Gasteiger partial charge in [-0.05, 0) is 75.2 Å². The minimum Gasteiger partial charge on any atom is -0.313 e. The van der Waals surface area contributed by atoms with E-state index in [1.807, 2.05) is 20.0 Å². The third-order valence-electron chi connectivity index (χ3n) is 3.75. The molecule has 0 aliphatic rings. The highest BCUT2D eigenvalue weighted by molar-refractivity contribution is 7.99. The zero-order valence-corrected chi connectivity index (χ0v) is 14.1. The first-order chi connectivity index (χ1) is 9.92. The molecule has 0 aromatic heterocycles. The summed E-state index contributed by atoms with van der Waals surface area (Å²) in [5.41, 5.74) is 4.18. The molecule has 3 heteroatoms. The van der Waals surface area contributed by atoms with Crippen LogP contribution in [0.5, 0.6) is 0 Å². The summed E-state index contributed by atoms with van der Waals surface area (Å²) < 4.78 is 13.9. The van der Waals surface area contributed by atoms with E-state index in [4.69, 9.17) is 0 Å². The maximum absolute atomic E-state index is 13.9. The summed E-state index contributed by atoms with van der Waals surface area (Å²) in [7, 11) is 1.90. The molecule has 0 saturated heterocycles. The van der Waals surface area contributed by atoms with Gasteiger partial charge in [-0.3, -0.25) is 0 Å². The number of halogens is 1. The second-order valence-electron chi connectivity index (χ2n) is 5.52. The molecule has 21 heavy (non-hydrogen) atoms. The minimum atomic E-state index is -0.141. The van der Waals surface area contributed by atoms with E-state index >= 15 is 0 Å². The molecule has 1 nitrogen and oxygen atoms in total. The summed E-state index contributed by atoms with van der Waals surface area (Å²) in [6, 6.07) is 10.2. The number of rotatable bonds is 4. The maximum Gasteiger partial charge on any atom is 0.126 e. The van der Waals surface area contributed by atoms with Crippen LogP contribution in [0, 0.1) is 26.6 Å². The molecule has 0 aliphatic carbocycles. The molecule has 0 amide bonds. The van der Waals surface area contributed by atoms with Crippen LogP contribution in [0.25, 0.3) is 0 Å². The van der Waals surface area contributed by atoms with Crippen molar-refractivity contribution in [1.82, 2.24) is 5.32 Å². The van der Waals surface area contributed by atoms with Crippen LogP contribution in [0.4, 0.5) is 4.39 Å². The highest BCUT2D eigenvalue weighted by Crippen LogP contribution is 2.36. The van der Waals surface area contributed by atoms with Gasteiger partial charge in [0.15, 0.2) is 0 Å². The van der Waals surface area contributed by atoms with E-state index in [1.165, 1.54) is 16.0 Å². The van der Waals surface area contributed by atoms with E-state index in [9.17, 15) is 4.39 Å². The molecule has 0 aliphatic heterocycles. The van der Waals surface area contributed by atoms with Crippen molar-refractivity contribution in [3.05, 3.63) is 58.4 Å². The average Bonchev–Trinajstić information content (AvgIpc) is 2.45. The predicted octanol–water partition coefficient (Wildman–Crippen LogP) is 5.18. The van der Waals surface area contributed by atoms with Crippen molar-refractivity contribution in [2.45, 2.75) is 43.5 Å². The molecule has 1 N–H and O–H groups in total. The van der Waals surface area contributed by atoms with Crippen LogP contribution in [0.2, 0.25) is 0 Å². The summed E-state index contributed by atoms with van der Waals surface area (Å²) >= 11 is 1.71. The van der Waals surface area contributed by atoms with Gasteiger partial charge in [0.1, 0.15) is 5.82 Å². The van der Waals surface area contributed by atoms with Crippen molar-refractivity contribution in [1.29, 1.82) is 0 Å². The zero-order chi connectivity index (χ0) is 15.6. The monoisotopic (exact) mass is 303 g/mol. The first-order valence-electron chi connectivity index (χ1n) is 7.14. The van der Waals surface area contributed by atoms with Gasteiger partial charge in [-0.25, -0.2) is 4.39 Å². The van der Waals surface area contributed by atoms with E-state index in [2.05, 4.69) is 44.3 Å². The molecule has 112 valence electrons. The van der Waals surface area contributed by atoms with Crippen molar-refractivity contribution >= 4 is 11.8 Å². The Balaban J connectivity index is 2.47. The topological polar surface area (TPSA) is 12.0 Å². The Morgan fingerprint density at radius 2 is 1.71 bits per heavy atom. The molecule has 2 aromatic carbocycles. The molecule has 1 unspecified atom stereocenters. The van der Waals surface area contributed by atoms with Crippen LogP contribution in [-0.4, -0.2) is 7.05 Å². The quantitative estimate of drug-likeness (QED) is 0.835. The molecule has 0 heterocycles. The lowest BCUT2D eigenvalue weighted by Gasteiger charge is -2.17. The fraction of sp³-hybridized carbons (Fsp3) is 0.333. The standard InChI is InChI=1S/C18H22FNS/c1-11-6-7-12(2)17(8-11)21-18-9-13(3)16(19)10-15(18)14(4)20-5/h6-10,14,20H,1-5H3. The van der Waals surface area contributed by atoms with Crippen molar-refractivity contribution in [3.63, 3.8) is 0 Å². The van der Waals surface area contributed by atoms with Crippen LogP contribution in [0.15, 0.2) is 40.1 Å². The first-order valence-corrected chi connectivity index (χ1v) is 7.96. The highest BCUT2D eigenvalue weighted by atomic mass is 32.2. The number of benzene rings is 2. The van der Waals surface area contributed by atoms with Gasteiger partial charge in [0.25, 0.3) is 0 Å². The molecular formula is C18H22FNS. The summed E-state index contributed by atoms with van der Waals surface area (Å²) in [4.78, 5) is 2.34. The van der Waals surface area contributed by atoms with Gasteiger partial charge in [-0.1, -0.05) is 23.9 Å². The van der Waals surface area contributed by atoms with Gasteiger partial charge in [0.05, 0.1) is 0 Å². The first kappa shape index (κ1) is 16.1. The van der Waals surface area contributed by atoms with Crippen molar-refractivity contribution in [2.24, 2.45) is 0 Å². The van der Waals surface area contributed by atoms with E-state index in [-0.39, 0.29) is 11.9 Å². The lowest BCUT2D eigenvalue weighted by atomic mass is 10.1.